The zero-order chi connectivity index (χ0) is 14.7. The Morgan fingerprint density at radius 2 is 1.52 bits per heavy atom. The maximum atomic E-state index is 12.4. The Kier molecular flexibility index (Phi) is 3.59. The van der Waals surface area contributed by atoms with Gasteiger partial charge in [0, 0.05) is 5.56 Å². The Morgan fingerprint density at radius 1 is 0.857 bits per heavy atom. The second-order valence-corrected chi connectivity index (χ2v) is 4.15. The molecule has 0 aliphatic carbocycles. The van der Waals surface area contributed by atoms with Gasteiger partial charge in [-0.15, -0.1) is 10.2 Å². The maximum absolute atomic E-state index is 12.4. The Labute approximate surface area is 119 Å². The number of alkyl halides is 2. The third kappa shape index (κ3) is 2.89. The lowest BCUT2D eigenvalue weighted by Crippen LogP contribution is -2.03. The first-order valence-corrected chi connectivity index (χ1v) is 6.17. The molecule has 4 nitrogen and oxygen atoms in total. The molecule has 0 saturated carbocycles. The number of hydrogen-bond donors (Lipinski definition) is 0. The fourth-order valence-electron chi connectivity index (χ4n) is 1.87. The molecule has 1 heterocycles. The quantitative estimate of drug-likeness (QED) is 0.728. The third-order valence-electron chi connectivity index (χ3n) is 2.78. The molecule has 106 valence electrons. The Bertz CT molecular complexity index is 729. The molecule has 0 saturated heterocycles. The summed E-state index contributed by atoms with van der Waals surface area (Å²) in [5.41, 5.74) is 1.08. The molecule has 3 rings (SSSR count). The predicted octanol–water partition coefficient (Wildman–Crippen LogP) is 4.01. The molecule has 1 aromatic heterocycles. The molecule has 21 heavy (non-hydrogen) atoms. The van der Waals surface area contributed by atoms with Gasteiger partial charge in [0.15, 0.2) is 0 Å². The van der Waals surface area contributed by atoms with Crippen molar-refractivity contribution in [3.63, 3.8) is 0 Å². The van der Waals surface area contributed by atoms with Crippen molar-refractivity contribution in [1.29, 1.82) is 0 Å². The predicted molar refractivity (Wildman–Crippen MR) is 71.8 cm³/mol. The number of halogens is 2. The summed E-state index contributed by atoms with van der Waals surface area (Å²) in [5.74, 6) is 0.443. The lowest BCUT2D eigenvalue weighted by Gasteiger charge is -2.07. The number of benzene rings is 2. The molecular weight excluding hydrogens is 278 g/mol. The van der Waals surface area contributed by atoms with Crippen LogP contribution in [-0.4, -0.2) is 16.8 Å². The number of aromatic nitrogens is 2. The van der Waals surface area contributed by atoms with Gasteiger partial charge in [0.1, 0.15) is 5.75 Å². The number of para-hydroxylation sites is 1. The summed E-state index contributed by atoms with van der Waals surface area (Å²) in [6.45, 7) is -2.91. The fraction of sp³-hybridized carbons (Fsp3) is 0.0667. The van der Waals surface area contributed by atoms with Crippen LogP contribution in [0.3, 0.4) is 0 Å². The van der Waals surface area contributed by atoms with Crippen molar-refractivity contribution in [3.05, 3.63) is 54.6 Å². The van der Waals surface area contributed by atoms with E-state index in [4.69, 9.17) is 4.42 Å². The van der Waals surface area contributed by atoms with Crippen LogP contribution in [0, 0.1) is 0 Å². The zero-order valence-electron chi connectivity index (χ0n) is 10.7. The van der Waals surface area contributed by atoms with E-state index < -0.39 is 6.61 Å². The Balaban J connectivity index is 1.97. The Morgan fingerprint density at radius 3 is 2.29 bits per heavy atom. The second kappa shape index (κ2) is 5.70. The molecule has 0 aliphatic heterocycles. The molecule has 0 unspecified atom stereocenters. The van der Waals surface area contributed by atoms with E-state index in [1.165, 1.54) is 6.07 Å². The van der Waals surface area contributed by atoms with Gasteiger partial charge in [-0.3, -0.25) is 0 Å². The molecule has 2 aromatic carbocycles. The summed E-state index contributed by atoms with van der Waals surface area (Å²) in [5, 5.41) is 7.81. The SMILES string of the molecule is FC(F)Oc1ccccc1-c1nnc(-c2ccccc2)o1. The molecule has 0 N–H and O–H groups in total. The van der Waals surface area contributed by atoms with Crippen molar-refractivity contribution in [2.45, 2.75) is 6.61 Å². The second-order valence-electron chi connectivity index (χ2n) is 4.15. The van der Waals surface area contributed by atoms with Gasteiger partial charge in [0.2, 0.25) is 5.89 Å². The molecule has 0 atom stereocenters. The summed E-state index contributed by atoms with van der Waals surface area (Å²) in [4.78, 5) is 0. The summed E-state index contributed by atoms with van der Waals surface area (Å²) >= 11 is 0. The van der Waals surface area contributed by atoms with Crippen LogP contribution in [0.5, 0.6) is 5.75 Å². The van der Waals surface area contributed by atoms with E-state index in [1.54, 1.807) is 18.2 Å². The van der Waals surface area contributed by atoms with Gasteiger partial charge >= 0.3 is 6.61 Å². The van der Waals surface area contributed by atoms with Crippen molar-refractivity contribution in [1.82, 2.24) is 10.2 Å². The van der Waals surface area contributed by atoms with Crippen LogP contribution in [0.2, 0.25) is 0 Å². The molecule has 0 spiro atoms. The van der Waals surface area contributed by atoms with Crippen LogP contribution in [0.1, 0.15) is 0 Å². The first kappa shape index (κ1) is 13.2. The average molecular weight is 288 g/mol. The van der Waals surface area contributed by atoms with Crippen LogP contribution < -0.4 is 4.74 Å². The highest BCUT2D eigenvalue weighted by atomic mass is 19.3. The largest absolute Gasteiger partial charge is 0.434 e. The third-order valence-corrected chi connectivity index (χ3v) is 2.78. The van der Waals surface area contributed by atoms with Gasteiger partial charge in [-0.25, -0.2) is 0 Å². The smallest absolute Gasteiger partial charge is 0.387 e. The Hall–Kier alpha value is -2.76. The molecule has 6 heteroatoms. The van der Waals surface area contributed by atoms with E-state index in [0.29, 0.717) is 11.5 Å². The van der Waals surface area contributed by atoms with Gasteiger partial charge in [-0.2, -0.15) is 8.78 Å². The number of nitrogens with zero attached hydrogens (tertiary/aromatic N) is 2. The lowest BCUT2D eigenvalue weighted by atomic mass is 10.2. The van der Waals surface area contributed by atoms with Crippen molar-refractivity contribution < 1.29 is 17.9 Å². The van der Waals surface area contributed by atoms with E-state index in [2.05, 4.69) is 14.9 Å². The van der Waals surface area contributed by atoms with Gasteiger partial charge in [-0.05, 0) is 24.3 Å². The number of ether oxygens (including phenoxy) is 1. The monoisotopic (exact) mass is 288 g/mol. The van der Waals surface area contributed by atoms with Crippen molar-refractivity contribution >= 4 is 0 Å². The first-order chi connectivity index (χ1) is 10.2. The van der Waals surface area contributed by atoms with Crippen LogP contribution in [0.4, 0.5) is 8.78 Å². The van der Waals surface area contributed by atoms with Crippen LogP contribution in [0.15, 0.2) is 59.0 Å². The summed E-state index contributed by atoms with van der Waals surface area (Å²) in [7, 11) is 0. The molecular formula is C15H10F2N2O2. The van der Waals surface area contributed by atoms with Gasteiger partial charge in [0.25, 0.3) is 5.89 Å². The summed E-state index contributed by atoms with van der Waals surface area (Å²) < 4.78 is 34.8. The van der Waals surface area contributed by atoms with E-state index in [-0.39, 0.29) is 11.6 Å². The van der Waals surface area contributed by atoms with E-state index in [1.807, 2.05) is 30.3 Å². The highest BCUT2D eigenvalue weighted by Gasteiger charge is 2.16. The first-order valence-electron chi connectivity index (χ1n) is 6.17. The van der Waals surface area contributed by atoms with Gasteiger partial charge in [-0.1, -0.05) is 30.3 Å². The highest BCUT2D eigenvalue weighted by Crippen LogP contribution is 2.31. The molecule has 0 fully saturated rings. The van der Waals surface area contributed by atoms with Crippen LogP contribution >= 0.6 is 0 Å². The summed E-state index contributed by atoms with van der Waals surface area (Å²) in [6.07, 6.45) is 0. The number of rotatable bonds is 4. The minimum atomic E-state index is -2.91. The van der Waals surface area contributed by atoms with Crippen molar-refractivity contribution in [3.8, 4) is 28.7 Å². The molecule has 3 aromatic rings. The van der Waals surface area contributed by atoms with E-state index in [0.717, 1.165) is 5.56 Å². The van der Waals surface area contributed by atoms with E-state index >= 15 is 0 Å². The van der Waals surface area contributed by atoms with Crippen LogP contribution in [-0.2, 0) is 0 Å². The molecule has 0 aliphatic rings. The minimum Gasteiger partial charge on any atom is -0.434 e. The van der Waals surface area contributed by atoms with Crippen molar-refractivity contribution in [2.24, 2.45) is 0 Å². The lowest BCUT2D eigenvalue weighted by molar-refractivity contribution is -0.0495. The highest BCUT2D eigenvalue weighted by molar-refractivity contribution is 5.64. The van der Waals surface area contributed by atoms with E-state index in [9.17, 15) is 8.78 Å². The van der Waals surface area contributed by atoms with Gasteiger partial charge < -0.3 is 9.15 Å². The number of hydrogen-bond acceptors (Lipinski definition) is 4. The average Bonchev–Trinajstić information content (AvgIpc) is 2.98. The molecule has 0 bridgehead atoms. The molecule has 0 amide bonds. The normalized spacial score (nSPS) is 10.8. The van der Waals surface area contributed by atoms with Crippen LogP contribution in [0.25, 0.3) is 22.9 Å². The van der Waals surface area contributed by atoms with Gasteiger partial charge in [0.05, 0.1) is 5.56 Å². The minimum absolute atomic E-state index is 0.00392. The summed E-state index contributed by atoms with van der Waals surface area (Å²) in [6, 6.07) is 15.5. The topological polar surface area (TPSA) is 48.2 Å². The standard InChI is InChI=1S/C15H10F2N2O2/c16-15(17)20-12-9-5-4-8-11(12)14-19-18-13(21-14)10-6-2-1-3-7-10/h1-9,15H. The maximum Gasteiger partial charge on any atom is 0.387 e. The zero-order valence-corrected chi connectivity index (χ0v) is 10.7. The van der Waals surface area contributed by atoms with Crippen molar-refractivity contribution in [2.75, 3.05) is 0 Å². The molecule has 0 radical (unpaired) electrons. The fourth-order valence-corrected chi connectivity index (χ4v) is 1.87.